The Balaban J connectivity index is 1.81. The maximum atomic E-state index is 13.4. The van der Waals surface area contributed by atoms with Crippen LogP contribution in [0.3, 0.4) is 0 Å². The second kappa shape index (κ2) is 6.44. The van der Waals surface area contributed by atoms with Gasteiger partial charge in [0, 0.05) is 23.1 Å². The molecule has 0 radical (unpaired) electrons. The van der Waals surface area contributed by atoms with Gasteiger partial charge in [-0.25, -0.2) is 12.4 Å². The monoisotopic (exact) mass is 388 g/mol. The van der Waals surface area contributed by atoms with E-state index in [9.17, 15) is 18.5 Å². The maximum absolute atomic E-state index is 13.4. The van der Waals surface area contributed by atoms with E-state index < -0.39 is 15.4 Å². The zero-order chi connectivity index (χ0) is 19.2. The Kier molecular flexibility index (Phi) is 4.34. The fourth-order valence-electron chi connectivity index (χ4n) is 4.15. The lowest BCUT2D eigenvalue weighted by Crippen LogP contribution is -2.36. The molecule has 2 aliphatic rings. The van der Waals surface area contributed by atoms with Crippen molar-refractivity contribution in [3.8, 4) is 6.07 Å². The molecule has 2 aromatic rings. The number of nitrogens with zero attached hydrogens (tertiary/aromatic N) is 2. The molecule has 0 N–H and O–H groups in total. The van der Waals surface area contributed by atoms with Gasteiger partial charge in [-0.2, -0.15) is 5.26 Å². The van der Waals surface area contributed by atoms with E-state index in [2.05, 4.69) is 6.07 Å². The average molecular weight is 388 g/mol. The van der Waals surface area contributed by atoms with Gasteiger partial charge in [0.25, 0.3) is 0 Å². The summed E-state index contributed by atoms with van der Waals surface area (Å²) in [7, 11) is -3.58. The Morgan fingerprint density at radius 1 is 1.30 bits per heavy atom. The highest BCUT2D eigenvalue weighted by Gasteiger charge is 2.46. The first-order chi connectivity index (χ1) is 12.9. The summed E-state index contributed by atoms with van der Waals surface area (Å²) in [4.78, 5) is 13.4. The second-order valence-corrected chi connectivity index (χ2v) is 8.93. The normalized spacial score (nSPS) is 23.5. The van der Waals surface area contributed by atoms with Crippen LogP contribution in [0.15, 0.2) is 24.3 Å². The first kappa shape index (κ1) is 18.2. The van der Waals surface area contributed by atoms with Crippen molar-refractivity contribution in [2.45, 2.75) is 32.0 Å². The molecule has 1 aliphatic carbocycles. The Hall–Kier alpha value is -2.21. The number of rotatable bonds is 4. The van der Waals surface area contributed by atoms with Gasteiger partial charge in [-0.05, 0) is 25.3 Å². The zero-order valence-electron chi connectivity index (χ0n) is 15.0. The topological polar surface area (TPSA) is 98.4 Å². The summed E-state index contributed by atoms with van der Waals surface area (Å²) in [6, 6.07) is 9.17. The van der Waals surface area contributed by atoms with Crippen molar-refractivity contribution in [1.29, 1.82) is 5.26 Å². The molecule has 4 rings (SSSR count). The van der Waals surface area contributed by atoms with Crippen LogP contribution in [-0.4, -0.2) is 43.9 Å². The molecule has 7 nitrogen and oxygen atoms in total. The number of hydrogen-bond donors (Lipinski definition) is 0. The van der Waals surface area contributed by atoms with Gasteiger partial charge in [-0.1, -0.05) is 18.2 Å². The van der Waals surface area contributed by atoms with Gasteiger partial charge in [0.1, 0.15) is 5.41 Å². The van der Waals surface area contributed by atoms with Crippen LogP contribution >= 0.6 is 0 Å². The number of ether oxygens (including phenoxy) is 2. The summed E-state index contributed by atoms with van der Waals surface area (Å²) in [5.74, 6) is -0.303. The SMILES string of the molecule is CS(=O)(=O)n1c2c(c3ccccc31)C(=O)[C@@](C#N)(CCC1OCCO1)CC2. The minimum atomic E-state index is -3.58. The first-order valence-electron chi connectivity index (χ1n) is 8.89. The number of hydrogen-bond acceptors (Lipinski definition) is 6. The van der Waals surface area contributed by atoms with E-state index in [1.54, 1.807) is 24.3 Å². The van der Waals surface area contributed by atoms with Crippen LogP contribution in [0.5, 0.6) is 0 Å². The van der Waals surface area contributed by atoms with Crippen LogP contribution in [-0.2, 0) is 25.9 Å². The Morgan fingerprint density at radius 2 is 2.00 bits per heavy atom. The van der Waals surface area contributed by atoms with Crippen molar-refractivity contribution >= 4 is 26.7 Å². The number of para-hydroxylation sites is 1. The first-order valence-corrected chi connectivity index (χ1v) is 10.7. The third-order valence-corrected chi connectivity index (χ3v) is 6.50. The molecule has 27 heavy (non-hydrogen) atoms. The smallest absolute Gasteiger partial charge is 0.236 e. The lowest BCUT2D eigenvalue weighted by molar-refractivity contribution is -0.0515. The summed E-state index contributed by atoms with van der Waals surface area (Å²) in [5, 5.41) is 10.5. The maximum Gasteiger partial charge on any atom is 0.236 e. The molecular formula is C19H20N2O5S. The van der Waals surface area contributed by atoms with Gasteiger partial charge in [0.15, 0.2) is 12.1 Å². The quantitative estimate of drug-likeness (QED) is 0.797. The van der Waals surface area contributed by atoms with Crippen LogP contribution in [0, 0.1) is 16.7 Å². The van der Waals surface area contributed by atoms with Crippen molar-refractivity contribution in [1.82, 2.24) is 3.97 Å². The molecule has 142 valence electrons. The Labute approximate surface area is 157 Å². The molecule has 1 aromatic heterocycles. The predicted molar refractivity (Wildman–Crippen MR) is 97.8 cm³/mol. The molecule has 1 saturated heterocycles. The van der Waals surface area contributed by atoms with E-state index in [0.717, 1.165) is 6.26 Å². The summed E-state index contributed by atoms with van der Waals surface area (Å²) >= 11 is 0. The Morgan fingerprint density at radius 3 is 2.67 bits per heavy atom. The van der Waals surface area contributed by atoms with Crippen LogP contribution in [0.25, 0.3) is 10.9 Å². The van der Waals surface area contributed by atoms with Gasteiger partial charge < -0.3 is 9.47 Å². The summed E-state index contributed by atoms with van der Waals surface area (Å²) in [6.45, 7) is 1.04. The minimum absolute atomic E-state index is 0.286. The lowest BCUT2D eigenvalue weighted by atomic mass is 9.70. The number of Topliss-reactive ketones (excluding diaryl/α,β-unsaturated/α-hetero) is 1. The molecule has 0 unspecified atom stereocenters. The van der Waals surface area contributed by atoms with Crippen molar-refractivity contribution in [3.63, 3.8) is 0 Å². The van der Waals surface area contributed by atoms with Gasteiger partial charge in [0.2, 0.25) is 10.0 Å². The van der Waals surface area contributed by atoms with Crippen LogP contribution < -0.4 is 0 Å². The molecule has 0 amide bonds. The largest absolute Gasteiger partial charge is 0.350 e. The third kappa shape index (κ3) is 2.87. The van der Waals surface area contributed by atoms with Crippen LogP contribution in [0.4, 0.5) is 0 Å². The van der Waals surface area contributed by atoms with Crippen molar-refractivity contribution < 1.29 is 22.7 Å². The fraction of sp³-hybridized carbons (Fsp3) is 0.474. The van der Waals surface area contributed by atoms with E-state index in [-0.39, 0.29) is 18.5 Å². The van der Waals surface area contributed by atoms with Crippen molar-refractivity contribution in [3.05, 3.63) is 35.5 Å². The number of carbonyl (C=O) groups is 1. The molecule has 0 bridgehead atoms. The number of benzene rings is 1. The molecule has 8 heteroatoms. The van der Waals surface area contributed by atoms with Gasteiger partial charge in [-0.3, -0.25) is 4.79 Å². The highest BCUT2D eigenvalue weighted by Crippen LogP contribution is 2.43. The van der Waals surface area contributed by atoms with Crippen molar-refractivity contribution in [2.75, 3.05) is 19.5 Å². The number of ketones is 1. The highest BCUT2D eigenvalue weighted by molar-refractivity contribution is 7.89. The molecule has 1 aromatic carbocycles. The van der Waals surface area contributed by atoms with Gasteiger partial charge in [-0.15, -0.1) is 0 Å². The van der Waals surface area contributed by atoms with Crippen molar-refractivity contribution in [2.24, 2.45) is 5.41 Å². The summed E-state index contributed by atoms with van der Waals surface area (Å²) in [6.07, 6.45) is 2.16. The standard InChI is InChI=1S/C19H20N2O5S/c1-27(23,24)21-14-5-3-2-4-13(14)17-15(21)6-8-19(12-20,18(17)22)9-7-16-25-10-11-26-16/h2-5,16H,6-11H2,1H3/t19-/m1/s1. The summed E-state index contributed by atoms with van der Waals surface area (Å²) < 4.78 is 36.9. The zero-order valence-corrected chi connectivity index (χ0v) is 15.8. The number of carbonyl (C=O) groups excluding carboxylic acids is 1. The molecule has 1 atom stereocenters. The van der Waals surface area contributed by atoms with Gasteiger partial charge in [0.05, 0.1) is 31.1 Å². The number of nitriles is 1. The van der Waals surface area contributed by atoms with E-state index in [1.807, 2.05) is 0 Å². The molecule has 2 heterocycles. The van der Waals surface area contributed by atoms with Crippen LogP contribution in [0.2, 0.25) is 0 Å². The molecular weight excluding hydrogens is 368 g/mol. The van der Waals surface area contributed by atoms with E-state index in [4.69, 9.17) is 9.47 Å². The minimum Gasteiger partial charge on any atom is -0.350 e. The predicted octanol–water partition coefficient (Wildman–Crippen LogP) is 2.24. The highest BCUT2D eigenvalue weighted by atomic mass is 32.2. The number of aromatic nitrogens is 1. The van der Waals surface area contributed by atoms with Crippen LogP contribution in [0.1, 0.15) is 35.3 Å². The second-order valence-electron chi connectivity index (χ2n) is 7.10. The third-order valence-electron chi connectivity index (χ3n) is 5.42. The Bertz CT molecular complexity index is 1060. The fourth-order valence-corrected chi connectivity index (χ4v) is 5.25. The molecule has 0 saturated carbocycles. The van der Waals surface area contributed by atoms with E-state index >= 15 is 0 Å². The van der Waals surface area contributed by atoms with E-state index in [1.165, 1.54) is 3.97 Å². The molecule has 1 fully saturated rings. The lowest BCUT2D eigenvalue weighted by Gasteiger charge is -2.30. The molecule has 0 spiro atoms. The van der Waals surface area contributed by atoms with Gasteiger partial charge >= 0.3 is 0 Å². The average Bonchev–Trinajstić information content (AvgIpc) is 3.26. The van der Waals surface area contributed by atoms with E-state index in [0.29, 0.717) is 54.6 Å². The molecule has 1 aliphatic heterocycles. The summed E-state index contributed by atoms with van der Waals surface area (Å²) in [5.41, 5.74) is 0.129. The number of fused-ring (bicyclic) bond motifs is 3.